The van der Waals surface area contributed by atoms with Gasteiger partial charge in [-0.1, -0.05) is 12.6 Å². The highest BCUT2D eigenvalue weighted by Crippen LogP contribution is 2.04. The third kappa shape index (κ3) is 2.58. The molecule has 1 rings (SSSR count). The molecule has 1 heterocycles. The fraction of sp³-hybridized carbons (Fsp3) is 0.833. The van der Waals surface area contributed by atoms with Gasteiger partial charge in [0.05, 0.1) is 0 Å². The summed E-state index contributed by atoms with van der Waals surface area (Å²) in [7, 11) is 0. The van der Waals surface area contributed by atoms with Gasteiger partial charge in [0.2, 0.25) is 0 Å². The summed E-state index contributed by atoms with van der Waals surface area (Å²) in [6.45, 7) is 2.86. The fourth-order valence-corrected chi connectivity index (χ4v) is 1.21. The molecule has 0 bridgehead atoms. The molecule has 2 N–H and O–H groups in total. The second kappa shape index (κ2) is 3.83. The lowest BCUT2D eigenvalue weighted by molar-refractivity contribution is 0.259. The summed E-state index contributed by atoms with van der Waals surface area (Å²) in [5.74, 6) is 0.607. The molecule has 0 aromatic rings. The van der Waals surface area contributed by atoms with Crippen LogP contribution in [-0.2, 0) is 0 Å². The molecule has 1 aliphatic rings. The van der Waals surface area contributed by atoms with Gasteiger partial charge in [-0.25, -0.2) is 0 Å². The van der Waals surface area contributed by atoms with Crippen LogP contribution in [0.1, 0.15) is 6.42 Å². The van der Waals surface area contributed by atoms with Crippen molar-refractivity contribution >= 4 is 17.9 Å². The zero-order valence-electron chi connectivity index (χ0n) is 5.76. The Morgan fingerprint density at radius 2 is 2.60 bits per heavy atom. The second-order valence-corrected chi connectivity index (χ2v) is 2.95. The average Bonchev–Trinajstić information content (AvgIpc) is 2.34. The van der Waals surface area contributed by atoms with E-state index in [1.54, 1.807) is 0 Å². The minimum Gasteiger partial charge on any atom is -0.347 e. The molecule has 1 atom stereocenters. The second-order valence-electron chi connectivity index (χ2n) is 2.54. The lowest BCUT2D eigenvalue weighted by Crippen LogP contribution is -2.26. The average molecular weight is 160 g/mol. The molecule has 0 saturated carbocycles. The van der Waals surface area contributed by atoms with Gasteiger partial charge in [0.1, 0.15) is 0 Å². The lowest BCUT2D eigenvalue weighted by atomic mass is 10.1. The van der Waals surface area contributed by atoms with Crippen molar-refractivity contribution in [3.05, 3.63) is 0 Å². The van der Waals surface area contributed by atoms with Gasteiger partial charge in [0.15, 0.2) is 0 Å². The maximum atomic E-state index is 10.3. The summed E-state index contributed by atoms with van der Waals surface area (Å²) < 4.78 is 0. The van der Waals surface area contributed by atoms with Gasteiger partial charge in [-0.15, -0.1) is 0 Å². The van der Waals surface area contributed by atoms with Crippen LogP contribution in [0.3, 0.4) is 0 Å². The van der Waals surface area contributed by atoms with E-state index in [4.69, 9.17) is 0 Å². The van der Waals surface area contributed by atoms with Crippen molar-refractivity contribution in [2.24, 2.45) is 5.92 Å². The van der Waals surface area contributed by atoms with E-state index in [1.165, 1.54) is 0 Å². The van der Waals surface area contributed by atoms with Gasteiger partial charge in [-0.2, -0.15) is 0 Å². The standard InChI is InChI=1S/C6H12N2OS/c9-6(10)8-4-5-1-2-7-3-5/h5,7H,1-4H2,(H2,8,9,10). The van der Waals surface area contributed by atoms with Crippen molar-refractivity contribution in [1.29, 1.82) is 0 Å². The quantitative estimate of drug-likeness (QED) is 0.506. The van der Waals surface area contributed by atoms with E-state index in [-0.39, 0.29) is 5.24 Å². The van der Waals surface area contributed by atoms with Crippen LogP contribution in [0.5, 0.6) is 0 Å². The number of hydrogen-bond donors (Lipinski definition) is 3. The van der Waals surface area contributed by atoms with Gasteiger partial charge in [0, 0.05) is 6.54 Å². The number of thiol groups is 1. The van der Waals surface area contributed by atoms with Crippen LogP contribution in [-0.4, -0.2) is 24.9 Å². The number of carbonyl (C=O) groups excluding carboxylic acids is 1. The molecule has 0 radical (unpaired) electrons. The van der Waals surface area contributed by atoms with Gasteiger partial charge in [0.25, 0.3) is 5.24 Å². The van der Waals surface area contributed by atoms with Crippen molar-refractivity contribution in [3.63, 3.8) is 0 Å². The maximum Gasteiger partial charge on any atom is 0.275 e. The first kappa shape index (κ1) is 7.88. The van der Waals surface area contributed by atoms with E-state index in [1.807, 2.05) is 0 Å². The molecule has 0 aromatic carbocycles. The summed E-state index contributed by atoms with van der Waals surface area (Å²) in [6.07, 6.45) is 1.16. The van der Waals surface area contributed by atoms with Crippen LogP contribution in [0.25, 0.3) is 0 Å². The summed E-state index contributed by atoms with van der Waals surface area (Å²) in [4.78, 5) is 10.3. The Labute approximate surface area is 66.0 Å². The van der Waals surface area contributed by atoms with Gasteiger partial charge in [-0.05, 0) is 25.4 Å². The Bertz CT molecular complexity index is 123. The third-order valence-corrected chi connectivity index (χ3v) is 1.86. The SMILES string of the molecule is O=C(S)NCC1CCNC1. The van der Waals surface area contributed by atoms with Crippen molar-refractivity contribution < 1.29 is 4.79 Å². The van der Waals surface area contributed by atoms with Crippen LogP contribution in [0.15, 0.2) is 0 Å². The number of rotatable bonds is 2. The van der Waals surface area contributed by atoms with Crippen LogP contribution >= 0.6 is 12.6 Å². The van der Waals surface area contributed by atoms with E-state index in [0.717, 1.165) is 26.1 Å². The Kier molecular flexibility index (Phi) is 3.02. The number of amides is 1. The van der Waals surface area contributed by atoms with Crippen molar-refractivity contribution in [2.45, 2.75) is 6.42 Å². The van der Waals surface area contributed by atoms with Crippen molar-refractivity contribution in [3.8, 4) is 0 Å². The van der Waals surface area contributed by atoms with E-state index in [2.05, 4.69) is 23.3 Å². The van der Waals surface area contributed by atoms with Gasteiger partial charge >= 0.3 is 0 Å². The zero-order chi connectivity index (χ0) is 7.40. The molecule has 58 valence electrons. The van der Waals surface area contributed by atoms with E-state index < -0.39 is 0 Å². The highest BCUT2D eigenvalue weighted by atomic mass is 32.1. The zero-order valence-corrected chi connectivity index (χ0v) is 6.66. The van der Waals surface area contributed by atoms with Crippen LogP contribution < -0.4 is 10.6 Å². The van der Waals surface area contributed by atoms with Crippen molar-refractivity contribution in [2.75, 3.05) is 19.6 Å². The van der Waals surface area contributed by atoms with Crippen LogP contribution in [0, 0.1) is 5.92 Å². The first-order valence-corrected chi connectivity index (χ1v) is 3.91. The molecule has 1 fully saturated rings. The molecular formula is C6H12N2OS. The molecule has 3 nitrogen and oxygen atoms in total. The summed E-state index contributed by atoms with van der Waals surface area (Å²) in [5.41, 5.74) is 0. The number of hydrogen-bond acceptors (Lipinski definition) is 2. The Morgan fingerprint density at radius 1 is 1.80 bits per heavy atom. The minimum absolute atomic E-state index is 0.230. The molecule has 0 spiro atoms. The molecule has 0 aliphatic carbocycles. The fourth-order valence-electron chi connectivity index (χ4n) is 1.12. The van der Waals surface area contributed by atoms with Crippen molar-refractivity contribution in [1.82, 2.24) is 10.6 Å². The van der Waals surface area contributed by atoms with Crippen LogP contribution in [0.4, 0.5) is 4.79 Å². The predicted molar refractivity (Wildman–Crippen MR) is 43.4 cm³/mol. The maximum absolute atomic E-state index is 10.3. The first-order chi connectivity index (χ1) is 4.79. The molecule has 1 amide bonds. The smallest absolute Gasteiger partial charge is 0.275 e. The molecule has 10 heavy (non-hydrogen) atoms. The van der Waals surface area contributed by atoms with E-state index in [9.17, 15) is 4.79 Å². The molecule has 1 saturated heterocycles. The monoisotopic (exact) mass is 160 g/mol. The summed E-state index contributed by atoms with van der Waals surface area (Å²) in [6, 6.07) is 0. The van der Waals surface area contributed by atoms with E-state index in [0.29, 0.717) is 5.92 Å². The number of nitrogens with one attached hydrogen (secondary N) is 2. The Balaban J connectivity index is 2.07. The van der Waals surface area contributed by atoms with Crippen LogP contribution in [0.2, 0.25) is 0 Å². The van der Waals surface area contributed by atoms with Gasteiger partial charge in [-0.3, -0.25) is 4.79 Å². The topological polar surface area (TPSA) is 41.1 Å². The number of carbonyl (C=O) groups is 1. The molecule has 4 heteroatoms. The highest BCUT2D eigenvalue weighted by molar-refractivity contribution is 7.96. The minimum atomic E-state index is -0.230. The summed E-state index contributed by atoms with van der Waals surface area (Å²) in [5, 5.41) is 5.66. The molecule has 0 aromatic heterocycles. The van der Waals surface area contributed by atoms with E-state index >= 15 is 0 Å². The molecular weight excluding hydrogens is 148 g/mol. The normalized spacial score (nSPS) is 24.7. The molecule has 1 aliphatic heterocycles. The first-order valence-electron chi connectivity index (χ1n) is 3.46. The lowest BCUT2D eigenvalue weighted by Gasteiger charge is -2.06. The predicted octanol–water partition coefficient (Wildman–Crippen LogP) is 0.235. The summed E-state index contributed by atoms with van der Waals surface area (Å²) >= 11 is 3.60. The molecule has 1 unspecified atom stereocenters. The highest BCUT2D eigenvalue weighted by Gasteiger charge is 2.13. The Morgan fingerprint density at radius 3 is 3.10 bits per heavy atom. The largest absolute Gasteiger partial charge is 0.347 e. The van der Waals surface area contributed by atoms with Gasteiger partial charge < -0.3 is 10.6 Å². The Hall–Kier alpha value is -0.220. The third-order valence-electron chi connectivity index (χ3n) is 1.70.